The molecule has 0 saturated heterocycles. The lowest BCUT2D eigenvalue weighted by atomic mass is 9.70. The van der Waals surface area contributed by atoms with E-state index >= 15 is 0 Å². The molecule has 2 N–H and O–H groups in total. The van der Waals surface area contributed by atoms with E-state index in [0.717, 1.165) is 12.1 Å². The Bertz CT molecular complexity index is 470. The van der Waals surface area contributed by atoms with Gasteiger partial charge in [0.05, 0.1) is 23.6 Å². The molecule has 0 bridgehead atoms. The number of aliphatic imine (C=N–C) groups is 1. The van der Waals surface area contributed by atoms with Gasteiger partial charge in [-0.2, -0.15) is 5.26 Å². The zero-order chi connectivity index (χ0) is 11.8. The predicted octanol–water partition coefficient (Wildman–Crippen LogP) is 2.29. The third kappa shape index (κ3) is 1.57. The lowest BCUT2D eigenvalue weighted by molar-refractivity contribution is 0.287. The van der Waals surface area contributed by atoms with Crippen LogP contribution in [0.3, 0.4) is 0 Å². The van der Waals surface area contributed by atoms with Gasteiger partial charge in [-0.15, -0.1) is 0 Å². The topological polar surface area (TPSA) is 62.2 Å². The highest BCUT2D eigenvalue weighted by atomic mass is 14.8. The molecule has 3 heteroatoms. The highest BCUT2D eigenvalue weighted by molar-refractivity contribution is 5.83. The van der Waals surface area contributed by atoms with Crippen LogP contribution < -0.4 is 5.73 Å². The van der Waals surface area contributed by atoms with Crippen LogP contribution in [0.1, 0.15) is 20.3 Å². The number of nitriles is 1. The second kappa shape index (κ2) is 3.64. The molecule has 16 heavy (non-hydrogen) atoms. The van der Waals surface area contributed by atoms with Crippen molar-refractivity contribution in [3.8, 4) is 6.07 Å². The zero-order valence-electron chi connectivity index (χ0n) is 9.57. The summed E-state index contributed by atoms with van der Waals surface area (Å²) in [5.41, 5.74) is 7.89. The predicted molar refractivity (Wildman–Crippen MR) is 64.4 cm³/mol. The molecule has 0 radical (unpaired) electrons. The standard InChI is InChI=1S/C13H15N3/c1-13(2)6-4-3-5-11-12(13)9(7-14)10(15)8-16-11/h3-5,8,12H,6,15H2,1-2H3. The molecular formula is C13H15N3. The van der Waals surface area contributed by atoms with Gasteiger partial charge in [0, 0.05) is 11.6 Å². The minimum Gasteiger partial charge on any atom is -0.397 e. The van der Waals surface area contributed by atoms with E-state index in [2.05, 4.69) is 31.0 Å². The number of nitrogens with zero attached hydrogens (tertiary/aromatic N) is 2. The quantitative estimate of drug-likeness (QED) is 0.671. The van der Waals surface area contributed by atoms with Crippen LogP contribution in [-0.4, -0.2) is 6.21 Å². The van der Waals surface area contributed by atoms with Gasteiger partial charge >= 0.3 is 0 Å². The van der Waals surface area contributed by atoms with Gasteiger partial charge in [-0.3, -0.25) is 4.99 Å². The molecular weight excluding hydrogens is 198 g/mol. The first-order valence-corrected chi connectivity index (χ1v) is 5.37. The maximum atomic E-state index is 9.23. The number of rotatable bonds is 0. The Morgan fingerprint density at radius 1 is 1.56 bits per heavy atom. The van der Waals surface area contributed by atoms with Crippen LogP contribution in [0.15, 0.2) is 40.2 Å². The summed E-state index contributed by atoms with van der Waals surface area (Å²) in [6.45, 7) is 4.29. The average Bonchev–Trinajstić information content (AvgIpc) is 2.38. The molecule has 1 heterocycles. The molecule has 0 amide bonds. The van der Waals surface area contributed by atoms with E-state index in [4.69, 9.17) is 5.73 Å². The number of allylic oxidation sites excluding steroid dienone is 5. The van der Waals surface area contributed by atoms with Crippen molar-refractivity contribution in [2.45, 2.75) is 20.3 Å². The van der Waals surface area contributed by atoms with Gasteiger partial charge in [-0.25, -0.2) is 0 Å². The Hall–Kier alpha value is -1.82. The van der Waals surface area contributed by atoms with Gasteiger partial charge in [0.2, 0.25) is 0 Å². The van der Waals surface area contributed by atoms with Crippen molar-refractivity contribution in [3.63, 3.8) is 0 Å². The summed E-state index contributed by atoms with van der Waals surface area (Å²) >= 11 is 0. The fourth-order valence-corrected chi connectivity index (χ4v) is 2.32. The summed E-state index contributed by atoms with van der Waals surface area (Å²) in [5.74, 6) is 0.0116. The highest BCUT2D eigenvalue weighted by Gasteiger charge is 2.37. The third-order valence-electron chi connectivity index (χ3n) is 3.20. The monoisotopic (exact) mass is 213 g/mol. The molecule has 0 fully saturated rings. The maximum Gasteiger partial charge on any atom is 0.0976 e. The van der Waals surface area contributed by atoms with Crippen molar-refractivity contribution in [2.24, 2.45) is 22.1 Å². The van der Waals surface area contributed by atoms with Crippen LogP contribution in [0.5, 0.6) is 0 Å². The van der Waals surface area contributed by atoms with Gasteiger partial charge in [0.1, 0.15) is 0 Å². The van der Waals surface area contributed by atoms with Crippen molar-refractivity contribution in [3.05, 3.63) is 35.2 Å². The van der Waals surface area contributed by atoms with Crippen molar-refractivity contribution in [1.29, 1.82) is 5.26 Å². The summed E-state index contributed by atoms with van der Waals surface area (Å²) in [6.07, 6.45) is 8.60. The number of hydrogen-bond donors (Lipinski definition) is 1. The smallest absolute Gasteiger partial charge is 0.0976 e. The summed E-state index contributed by atoms with van der Waals surface area (Å²) in [5, 5.41) is 9.23. The van der Waals surface area contributed by atoms with Crippen molar-refractivity contribution >= 4 is 6.21 Å². The first-order valence-electron chi connectivity index (χ1n) is 5.37. The molecule has 1 aliphatic heterocycles. The number of dihydropyridines is 1. The maximum absolute atomic E-state index is 9.23. The lowest BCUT2D eigenvalue weighted by Crippen LogP contribution is -2.30. The molecule has 0 aromatic heterocycles. The molecule has 1 aliphatic carbocycles. The van der Waals surface area contributed by atoms with E-state index in [0.29, 0.717) is 11.3 Å². The largest absolute Gasteiger partial charge is 0.397 e. The van der Waals surface area contributed by atoms with Crippen molar-refractivity contribution < 1.29 is 0 Å². The summed E-state index contributed by atoms with van der Waals surface area (Å²) in [6, 6.07) is 2.23. The van der Waals surface area contributed by atoms with Gasteiger partial charge in [-0.1, -0.05) is 26.0 Å². The minimum absolute atomic E-state index is 0.0116. The fourth-order valence-electron chi connectivity index (χ4n) is 2.32. The van der Waals surface area contributed by atoms with E-state index in [1.165, 1.54) is 0 Å². The molecule has 0 spiro atoms. The number of hydrogen-bond acceptors (Lipinski definition) is 3. The minimum atomic E-state index is -0.0216. The van der Waals surface area contributed by atoms with Crippen molar-refractivity contribution in [2.75, 3.05) is 0 Å². The third-order valence-corrected chi connectivity index (χ3v) is 3.20. The van der Waals surface area contributed by atoms with Crippen LogP contribution in [-0.2, 0) is 0 Å². The lowest BCUT2D eigenvalue weighted by Gasteiger charge is -2.34. The van der Waals surface area contributed by atoms with E-state index in [-0.39, 0.29) is 11.3 Å². The molecule has 0 aromatic rings. The van der Waals surface area contributed by atoms with Gasteiger partial charge in [0.15, 0.2) is 0 Å². The van der Waals surface area contributed by atoms with Gasteiger partial charge < -0.3 is 5.73 Å². The van der Waals surface area contributed by atoms with Crippen LogP contribution >= 0.6 is 0 Å². The second-order valence-electron chi connectivity index (χ2n) is 4.88. The molecule has 0 aromatic carbocycles. The van der Waals surface area contributed by atoms with Crippen LogP contribution in [0.4, 0.5) is 0 Å². The fraction of sp³-hybridized carbons (Fsp3) is 0.385. The summed E-state index contributed by atoms with van der Waals surface area (Å²) < 4.78 is 0. The van der Waals surface area contributed by atoms with E-state index < -0.39 is 0 Å². The molecule has 3 nitrogen and oxygen atoms in total. The van der Waals surface area contributed by atoms with Crippen molar-refractivity contribution in [1.82, 2.24) is 0 Å². The van der Waals surface area contributed by atoms with E-state index in [1.807, 2.05) is 12.2 Å². The van der Waals surface area contributed by atoms with Gasteiger partial charge in [0.25, 0.3) is 0 Å². The SMILES string of the molecule is CC1(C)CC=CC=C2N=CC(N)=C(C#N)C21. The highest BCUT2D eigenvalue weighted by Crippen LogP contribution is 2.44. The Morgan fingerprint density at radius 3 is 3.00 bits per heavy atom. The molecule has 1 atom stereocenters. The normalized spacial score (nSPS) is 26.8. The van der Waals surface area contributed by atoms with E-state index in [9.17, 15) is 5.26 Å². The first-order chi connectivity index (χ1) is 7.56. The first kappa shape index (κ1) is 10.7. The Labute approximate surface area is 95.7 Å². The molecule has 2 aliphatic rings. The Balaban J connectivity index is 2.57. The van der Waals surface area contributed by atoms with Crippen LogP contribution in [0.2, 0.25) is 0 Å². The average molecular weight is 213 g/mol. The van der Waals surface area contributed by atoms with E-state index in [1.54, 1.807) is 6.21 Å². The molecule has 2 rings (SSSR count). The number of nitrogens with two attached hydrogens (primary N) is 1. The molecule has 82 valence electrons. The summed E-state index contributed by atoms with van der Waals surface area (Å²) in [4.78, 5) is 4.34. The van der Waals surface area contributed by atoms with Crippen LogP contribution in [0.25, 0.3) is 0 Å². The Kier molecular flexibility index (Phi) is 2.43. The van der Waals surface area contributed by atoms with Gasteiger partial charge in [-0.05, 0) is 17.9 Å². The van der Waals surface area contributed by atoms with Crippen LogP contribution in [0, 0.1) is 22.7 Å². The molecule has 1 unspecified atom stereocenters. The number of fused-ring (bicyclic) bond motifs is 1. The zero-order valence-corrected chi connectivity index (χ0v) is 9.57. The second-order valence-corrected chi connectivity index (χ2v) is 4.88. The Morgan fingerprint density at radius 2 is 2.31 bits per heavy atom. The molecule has 0 saturated carbocycles. The summed E-state index contributed by atoms with van der Waals surface area (Å²) in [7, 11) is 0.